The minimum Gasteiger partial charge on any atom is -0.481 e. The molecule has 1 aliphatic heterocycles. The van der Waals surface area contributed by atoms with E-state index in [0.29, 0.717) is 12.3 Å². The zero-order chi connectivity index (χ0) is 15.6. The fraction of sp³-hybridized carbons (Fsp3) is 0.778. The smallest absolute Gasteiger partial charge is 0.303 e. The Balaban J connectivity index is 2.23. The number of ether oxygens (including phenoxy) is 1. The number of hydrogen-bond donors (Lipinski definition) is 1. The number of carboxylic acids is 1. The molecule has 0 aliphatic carbocycles. The van der Waals surface area contributed by atoms with Crippen molar-refractivity contribution in [2.75, 3.05) is 6.61 Å². The average Bonchev–Trinajstić information content (AvgIpc) is 3.23. The van der Waals surface area contributed by atoms with E-state index in [1.54, 1.807) is 0 Å². The van der Waals surface area contributed by atoms with Crippen LogP contribution in [0, 0.1) is 5.92 Å². The molecule has 1 fully saturated rings. The summed E-state index contributed by atoms with van der Waals surface area (Å²) in [5.74, 6) is -0.191. The number of aliphatic carboxylic acids is 1. The molecule has 1 aliphatic rings. The van der Waals surface area contributed by atoms with Gasteiger partial charge in [-0.05, 0) is 38.3 Å². The second-order valence-electron chi connectivity index (χ2n) is 6.03. The molecule has 1 heterocycles. The molecule has 1 rings (SSSR count). The van der Waals surface area contributed by atoms with Crippen LogP contribution in [0.1, 0.15) is 71.6 Å². The molecule has 0 spiro atoms. The van der Waals surface area contributed by atoms with Crippen molar-refractivity contribution in [1.29, 1.82) is 0 Å². The molecule has 0 aromatic heterocycles. The van der Waals surface area contributed by atoms with E-state index in [1.165, 1.54) is 25.7 Å². The molecule has 0 saturated carbocycles. The maximum Gasteiger partial charge on any atom is 0.303 e. The Labute approximate surface area is 129 Å². The number of unbranched alkanes of at least 4 members (excludes halogenated alkanes) is 4. The number of hydrogen-bond acceptors (Lipinski definition) is 2. The summed E-state index contributed by atoms with van der Waals surface area (Å²) in [4.78, 5) is 10.4. The Morgan fingerprint density at radius 3 is 2.57 bits per heavy atom. The van der Waals surface area contributed by atoms with Crippen LogP contribution in [0.15, 0.2) is 17.9 Å². The summed E-state index contributed by atoms with van der Waals surface area (Å²) >= 11 is 0. The molecule has 3 nitrogen and oxygen atoms in total. The van der Waals surface area contributed by atoms with Crippen LogP contribution in [0.4, 0.5) is 0 Å². The second kappa shape index (κ2) is 9.81. The van der Waals surface area contributed by atoms with Gasteiger partial charge in [0.2, 0.25) is 0 Å². The quantitative estimate of drug-likeness (QED) is 0.322. The molecular weight excluding hydrogens is 264 g/mol. The van der Waals surface area contributed by atoms with E-state index < -0.39 is 5.97 Å². The van der Waals surface area contributed by atoms with Gasteiger partial charge in [-0.2, -0.15) is 0 Å². The second-order valence-corrected chi connectivity index (χ2v) is 6.03. The van der Waals surface area contributed by atoms with Crippen molar-refractivity contribution in [2.45, 2.75) is 77.2 Å². The van der Waals surface area contributed by atoms with Crippen LogP contribution >= 0.6 is 0 Å². The van der Waals surface area contributed by atoms with Gasteiger partial charge in [-0.3, -0.25) is 4.79 Å². The Kier molecular flexibility index (Phi) is 8.41. The molecule has 1 N–H and O–H groups in total. The highest BCUT2D eigenvalue weighted by Gasteiger charge is 2.49. The van der Waals surface area contributed by atoms with Gasteiger partial charge in [0.25, 0.3) is 0 Å². The third-order valence-corrected chi connectivity index (χ3v) is 4.25. The highest BCUT2D eigenvalue weighted by molar-refractivity contribution is 5.66. The molecule has 1 saturated heterocycles. The lowest BCUT2D eigenvalue weighted by Gasteiger charge is -2.20. The predicted octanol–water partition coefficient (Wildman–Crippen LogP) is 4.72. The number of epoxide rings is 1. The molecule has 120 valence electrons. The highest BCUT2D eigenvalue weighted by Crippen LogP contribution is 2.43. The standard InChI is InChI=1S/C18H30O3/c1-3-5-12-16(11-4-2)18(15-21-18)14-10-8-6-7-9-13-17(19)20/h3,12,16H,4,6-11,13-15H2,1-2H3,(H,19,20)/t5?,16?,18-/m0/s1. The van der Waals surface area contributed by atoms with Crippen LogP contribution < -0.4 is 0 Å². The molecule has 0 radical (unpaired) electrons. The van der Waals surface area contributed by atoms with E-state index in [0.717, 1.165) is 32.3 Å². The Morgan fingerprint density at radius 1 is 1.33 bits per heavy atom. The minimum atomic E-state index is -0.682. The van der Waals surface area contributed by atoms with Crippen molar-refractivity contribution in [3.8, 4) is 0 Å². The summed E-state index contributed by atoms with van der Waals surface area (Å²) in [5, 5.41) is 8.59. The zero-order valence-electron chi connectivity index (χ0n) is 13.6. The van der Waals surface area contributed by atoms with E-state index in [2.05, 4.69) is 18.7 Å². The summed E-state index contributed by atoms with van der Waals surface area (Å²) in [5.41, 5.74) is 3.30. The van der Waals surface area contributed by atoms with Gasteiger partial charge < -0.3 is 9.84 Å². The van der Waals surface area contributed by atoms with Gasteiger partial charge in [0.1, 0.15) is 0 Å². The van der Waals surface area contributed by atoms with Crippen molar-refractivity contribution in [3.05, 3.63) is 17.9 Å². The van der Waals surface area contributed by atoms with Gasteiger partial charge >= 0.3 is 5.97 Å². The summed E-state index contributed by atoms with van der Waals surface area (Å²) in [7, 11) is 0. The van der Waals surface area contributed by atoms with Gasteiger partial charge in [0, 0.05) is 12.3 Å². The van der Waals surface area contributed by atoms with Crippen molar-refractivity contribution in [3.63, 3.8) is 0 Å². The molecule has 2 atom stereocenters. The number of carboxylic acid groups (broad SMARTS) is 1. The van der Waals surface area contributed by atoms with Crippen LogP contribution in [-0.2, 0) is 9.53 Å². The first kappa shape index (κ1) is 18.0. The lowest BCUT2D eigenvalue weighted by Crippen LogP contribution is -2.22. The molecular formula is C18H30O3. The van der Waals surface area contributed by atoms with Gasteiger partial charge in [-0.15, -0.1) is 5.73 Å². The molecule has 3 heteroatoms. The van der Waals surface area contributed by atoms with E-state index in [1.807, 2.05) is 13.0 Å². The van der Waals surface area contributed by atoms with Crippen molar-refractivity contribution in [2.24, 2.45) is 5.92 Å². The van der Waals surface area contributed by atoms with Crippen LogP contribution in [0.5, 0.6) is 0 Å². The Morgan fingerprint density at radius 2 is 2.00 bits per heavy atom. The van der Waals surface area contributed by atoms with Crippen LogP contribution in [0.2, 0.25) is 0 Å². The van der Waals surface area contributed by atoms with Gasteiger partial charge in [0.05, 0.1) is 12.2 Å². The third-order valence-electron chi connectivity index (χ3n) is 4.25. The van der Waals surface area contributed by atoms with Crippen LogP contribution in [-0.4, -0.2) is 23.3 Å². The zero-order valence-corrected chi connectivity index (χ0v) is 13.6. The van der Waals surface area contributed by atoms with E-state index in [9.17, 15) is 4.79 Å². The number of rotatable bonds is 12. The van der Waals surface area contributed by atoms with Crippen molar-refractivity contribution in [1.82, 2.24) is 0 Å². The molecule has 0 amide bonds. The third kappa shape index (κ3) is 6.97. The summed E-state index contributed by atoms with van der Waals surface area (Å²) in [6.07, 6.45) is 13.2. The Hall–Kier alpha value is -1.05. The van der Waals surface area contributed by atoms with E-state index in [-0.39, 0.29) is 5.60 Å². The fourth-order valence-electron chi connectivity index (χ4n) is 2.89. The van der Waals surface area contributed by atoms with Gasteiger partial charge in [-0.25, -0.2) is 0 Å². The average molecular weight is 294 g/mol. The normalized spacial score (nSPS) is 21.4. The summed E-state index contributed by atoms with van der Waals surface area (Å²) in [6, 6.07) is 0. The molecule has 21 heavy (non-hydrogen) atoms. The number of carbonyl (C=O) groups is 1. The maximum atomic E-state index is 10.4. The van der Waals surface area contributed by atoms with Gasteiger partial charge in [0.15, 0.2) is 0 Å². The first-order chi connectivity index (χ1) is 10.1. The lowest BCUT2D eigenvalue weighted by atomic mass is 9.84. The minimum absolute atomic E-state index is 0.0765. The van der Waals surface area contributed by atoms with Crippen molar-refractivity contribution < 1.29 is 14.6 Å². The van der Waals surface area contributed by atoms with Crippen LogP contribution in [0.3, 0.4) is 0 Å². The van der Waals surface area contributed by atoms with E-state index >= 15 is 0 Å². The predicted molar refractivity (Wildman–Crippen MR) is 85.4 cm³/mol. The lowest BCUT2D eigenvalue weighted by molar-refractivity contribution is -0.137. The summed E-state index contributed by atoms with van der Waals surface area (Å²) in [6.45, 7) is 5.10. The Bertz CT molecular complexity index is 363. The SMILES string of the molecule is CC=C=CC(CCC)[C@]1(CCCCCCCC(=O)O)CO1. The first-order valence-electron chi connectivity index (χ1n) is 8.37. The topological polar surface area (TPSA) is 49.8 Å². The first-order valence-corrected chi connectivity index (χ1v) is 8.37. The largest absolute Gasteiger partial charge is 0.481 e. The molecule has 0 aromatic carbocycles. The monoisotopic (exact) mass is 294 g/mol. The van der Waals surface area contributed by atoms with Gasteiger partial charge in [-0.1, -0.05) is 39.0 Å². The molecule has 0 bridgehead atoms. The summed E-state index contributed by atoms with van der Waals surface area (Å²) < 4.78 is 5.80. The maximum absolute atomic E-state index is 10.4. The fourth-order valence-corrected chi connectivity index (χ4v) is 2.89. The van der Waals surface area contributed by atoms with E-state index in [4.69, 9.17) is 9.84 Å². The highest BCUT2D eigenvalue weighted by atomic mass is 16.6. The molecule has 0 aromatic rings. The molecule has 1 unspecified atom stereocenters. The van der Waals surface area contributed by atoms with Crippen molar-refractivity contribution >= 4 is 5.97 Å². The van der Waals surface area contributed by atoms with Crippen LogP contribution in [0.25, 0.3) is 0 Å².